The van der Waals surface area contributed by atoms with Crippen LogP contribution in [0, 0.1) is 9.39 Å². The van der Waals surface area contributed by atoms with E-state index in [9.17, 15) is 9.50 Å². The first kappa shape index (κ1) is 13.2. The van der Waals surface area contributed by atoms with E-state index in [1.165, 1.54) is 12.1 Å². The van der Waals surface area contributed by atoms with Crippen molar-refractivity contribution >= 4 is 22.6 Å². The van der Waals surface area contributed by atoms with E-state index >= 15 is 0 Å². The Kier molecular flexibility index (Phi) is 4.76. The summed E-state index contributed by atoms with van der Waals surface area (Å²) in [4.78, 5) is 0. The highest BCUT2D eigenvalue weighted by Gasteiger charge is 2.18. The van der Waals surface area contributed by atoms with E-state index in [4.69, 9.17) is 4.74 Å². The first-order chi connectivity index (χ1) is 8.16. The van der Waals surface area contributed by atoms with Gasteiger partial charge in [-0.15, -0.1) is 0 Å². The average molecular weight is 350 g/mol. The average Bonchev–Trinajstić information content (AvgIpc) is 2.78. The molecule has 0 saturated carbocycles. The van der Waals surface area contributed by atoms with Crippen molar-refractivity contribution in [2.24, 2.45) is 0 Å². The maximum atomic E-state index is 12.9. The van der Waals surface area contributed by atoms with Crippen LogP contribution in [0.5, 0.6) is 0 Å². The van der Waals surface area contributed by atoms with Crippen molar-refractivity contribution < 1.29 is 14.2 Å². The van der Waals surface area contributed by atoms with Gasteiger partial charge in [-0.3, -0.25) is 0 Å². The Balaban J connectivity index is 1.91. The first-order valence-electron chi connectivity index (χ1n) is 5.91. The number of benzene rings is 1. The number of aliphatic hydroxyl groups excluding tert-OH is 1. The molecule has 1 aromatic carbocycles. The van der Waals surface area contributed by atoms with Crippen LogP contribution in [0.4, 0.5) is 4.39 Å². The summed E-state index contributed by atoms with van der Waals surface area (Å²) in [6, 6.07) is 4.51. The Morgan fingerprint density at radius 1 is 1.53 bits per heavy atom. The lowest BCUT2D eigenvalue weighted by molar-refractivity contribution is 0.0810. The van der Waals surface area contributed by atoms with Crippen molar-refractivity contribution in [3.05, 3.63) is 33.1 Å². The van der Waals surface area contributed by atoms with E-state index in [0.29, 0.717) is 12.5 Å². The fourth-order valence-corrected chi connectivity index (χ4v) is 2.98. The van der Waals surface area contributed by atoms with Gasteiger partial charge in [0, 0.05) is 10.2 Å². The lowest BCUT2D eigenvalue weighted by Crippen LogP contribution is -2.08. The zero-order valence-corrected chi connectivity index (χ0v) is 11.7. The molecule has 1 N–H and O–H groups in total. The molecule has 1 aromatic rings. The Labute approximate surface area is 114 Å². The van der Waals surface area contributed by atoms with Gasteiger partial charge in [-0.1, -0.05) is 6.07 Å². The third-order valence-corrected chi connectivity index (χ3v) is 4.04. The molecule has 0 aromatic heterocycles. The molecule has 2 atom stereocenters. The number of hydrogen-bond acceptors (Lipinski definition) is 2. The topological polar surface area (TPSA) is 29.5 Å². The van der Waals surface area contributed by atoms with E-state index in [1.54, 1.807) is 6.07 Å². The molecule has 1 heterocycles. The molecule has 0 bridgehead atoms. The largest absolute Gasteiger partial charge is 0.388 e. The molecule has 2 rings (SSSR count). The molecule has 0 radical (unpaired) electrons. The van der Waals surface area contributed by atoms with Crippen LogP contribution in [0.3, 0.4) is 0 Å². The number of halogens is 2. The van der Waals surface area contributed by atoms with E-state index in [0.717, 1.165) is 35.0 Å². The zero-order chi connectivity index (χ0) is 12.3. The molecule has 1 aliphatic heterocycles. The molecule has 0 amide bonds. The van der Waals surface area contributed by atoms with Gasteiger partial charge < -0.3 is 9.84 Å². The van der Waals surface area contributed by atoms with Crippen molar-refractivity contribution in [2.75, 3.05) is 6.61 Å². The van der Waals surface area contributed by atoms with Gasteiger partial charge in [0.15, 0.2) is 0 Å². The molecular weight excluding hydrogens is 334 g/mol. The van der Waals surface area contributed by atoms with Crippen LogP contribution < -0.4 is 0 Å². The van der Waals surface area contributed by atoms with Gasteiger partial charge in [0.25, 0.3) is 0 Å². The lowest BCUT2D eigenvalue weighted by Gasteiger charge is -2.15. The van der Waals surface area contributed by atoms with E-state index in [1.807, 2.05) is 0 Å². The van der Waals surface area contributed by atoms with Gasteiger partial charge >= 0.3 is 0 Å². The van der Waals surface area contributed by atoms with Crippen LogP contribution in [0.15, 0.2) is 18.2 Å². The van der Waals surface area contributed by atoms with Gasteiger partial charge in [-0.05, 0) is 66.0 Å². The quantitative estimate of drug-likeness (QED) is 0.844. The molecule has 1 saturated heterocycles. The van der Waals surface area contributed by atoms with Crippen molar-refractivity contribution in [3.63, 3.8) is 0 Å². The summed E-state index contributed by atoms with van der Waals surface area (Å²) in [6.45, 7) is 0.842. The number of aliphatic hydroxyl groups is 1. The van der Waals surface area contributed by atoms with Crippen LogP contribution in [-0.4, -0.2) is 17.8 Å². The van der Waals surface area contributed by atoms with Gasteiger partial charge in [-0.2, -0.15) is 0 Å². The summed E-state index contributed by atoms with van der Waals surface area (Å²) in [5, 5.41) is 10.1. The van der Waals surface area contributed by atoms with Crippen molar-refractivity contribution in [3.8, 4) is 0 Å². The van der Waals surface area contributed by atoms with E-state index < -0.39 is 6.10 Å². The third kappa shape index (κ3) is 3.63. The second-order valence-electron chi connectivity index (χ2n) is 4.39. The lowest BCUT2D eigenvalue weighted by atomic mass is 10.0. The summed E-state index contributed by atoms with van der Waals surface area (Å²) in [5.41, 5.74) is 0.810. The Morgan fingerprint density at radius 2 is 2.35 bits per heavy atom. The number of hydrogen-bond donors (Lipinski definition) is 1. The summed E-state index contributed by atoms with van der Waals surface area (Å²) in [7, 11) is 0. The minimum atomic E-state index is -0.522. The Hall–Kier alpha value is -0.200. The summed E-state index contributed by atoms with van der Waals surface area (Å²) < 4.78 is 19.2. The number of ether oxygens (including phenoxy) is 1. The summed E-state index contributed by atoms with van der Waals surface area (Å²) in [6.07, 6.45) is 3.53. The number of rotatable bonds is 4. The van der Waals surface area contributed by atoms with Crippen LogP contribution in [0.1, 0.15) is 37.4 Å². The molecule has 1 aliphatic rings. The molecule has 94 valence electrons. The second kappa shape index (κ2) is 6.11. The normalized spacial score (nSPS) is 21.7. The highest BCUT2D eigenvalue weighted by Crippen LogP contribution is 2.27. The second-order valence-corrected chi connectivity index (χ2v) is 5.56. The minimum absolute atomic E-state index is 0.260. The Morgan fingerprint density at radius 3 is 3.00 bits per heavy atom. The molecular formula is C13H16FIO2. The van der Waals surface area contributed by atoms with E-state index in [2.05, 4.69) is 22.6 Å². The van der Waals surface area contributed by atoms with Gasteiger partial charge in [-0.25, -0.2) is 4.39 Å². The highest BCUT2D eigenvalue weighted by molar-refractivity contribution is 14.1. The fraction of sp³-hybridized carbons (Fsp3) is 0.538. The third-order valence-electron chi connectivity index (χ3n) is 3.11. The van der Waals surface area contributed by atoms with Crippen molar-refractivity contribution in [1.29, 1.82) is 0 Å². The molecule has 2 unspecified atom stereocenters. The first-order valence-corrected chi connectivity index (χ1v) is 6.99. The van der Waals surface area contributed by atoms with Gasteiger partial charge in [0.05, 0.1) is 12.2 Å². The minimum Gasteiger partial charge on any atom is -0.388 e. The zero-order valence-electron chi connectivity index (χ0n) is 9.53. The van der Waals surface area contributed by atoms with Crippen LogP contribution in [0.25, 0.3) is 0 Å². The summed E-state index contributed by atoms with van der Waals surface area (Å²) >= 11 is 2.06. The molecule has 1 fully saturated rings. The SMILES string of the molecule is OC(CCC1CCCO1)c1ccc(F)cc1I. The maximum Gasteiger partial charge on any atom is 0.124 e. The summed E-state index contributed by atoms with van der Waals surface area (Å²) in [5.74, 6) is -0.260. The Bertz CT molecular complexity index is 378. The van der Waals surface area contributed by atoms with Crippen molar-refractivity contribution in [2.45, 2.75) is 37.9 Å². The molecule has 0 aliphatic carbocycles. The predicted molar refractivity (Wildman–Crippen MR) is 72.3 cm³/mol. The van der Waals surface area contributed by atoms with E-state index in [-0.39, 0.29) is 5.82 Å². The van der Waals surface area contributed by atoms with Gasteiger partial charge in [0.1, 0.15) is 5.82 Å². The molecule has 4 heteroatoms. The standard InChI is InChI=1S/C13H16FIO2/c14-9-3-5-11(12(15)8-9)13(16)6-4-10-2-1-7-17-10/h3,5,8,10,13,16H,1-2,4,6-7H2. The molecule has 2 nitrogen and oxygen atoms in total. The monoisotopic (exact) mass is 350 g/mol. The maximum absolute atomic E-state index is 12.9. The van der Waals surface area contributed by atoms with Crippen LogP contribution in [0.2, 0.25) is 0 Å². The molecule has 0 spiro atoms. The molecule has 17 heavy (non-hydrogen) atoms. The fourth-order valence-electron chi connectivity index (χ4n) is 2.14. The van der Waals surface area contributed by atoms with Crippen molar-refractivity contribution in [1.82, 2.24) is 0 Å². The smallest absolute Gasteiger partial charge is 0.124 e. The highest BCUT2D eigenvalue weighted by atomic mass is 127. The van der Waals surface area contributed by atoms with Crippen LogP contribution >= 0.6 is 22.6 Å². The predicted octanol–water partition coefficient (Wildman–Crippen LogP) is 3.42. The van der Waals surface area contributed by atoms with Crippen LogP contribution in [-0.2, 0) is 4.74 Å². The van der Waals surface area contributed by atoms with Gasteiger partial charge in [0.2, 0.25) is 0 Å².